The Kier molecular flexibility index (Phi) is 5.58. The lowest BCUT2D eigenvalue weighted by atomic mass is 9.88. The van der Waals surface area contributed by atoms with Gasteiger partial charge in [0.05, 0.1) is 6.10 Å². The third-order valence-corrected chi connectivity index (χ3v) is 4.67. The van der Waals surface area contributed by atoms with Crippen molar-refractivity contribution >= 4 is 0 Å². The number of hydrogen-bond acceptors (Lipinski definition) is 3. The summed E-state index contributed by atoms with van der Waals surface area (Å²) in [7, 11) is 0. The lowest BCUT2D eigenvalue weighted by Crippen LogP contribution is -2.48. The van der Waals surface area contributed by atoms with Crippen molar-refractivity contribution in [2.45, 2.75) is 38.8 Å². The second-order valence-electron chi connectivity index (χ2n) is 6.42. The summed E-state index contributed by atoms with van der Waals surface area (Å²) in [6, 6.07) is 9.98. The van der Waals surface area contributed by atoms with E-state index in [1.165, 1.54) is 12.0 Å². The summed E-state index contributed by atoms with van der Waals surface area (Å²) in [5.41, 5.74) is 7.35. The maximum atomic E-state index is 10.3. The van der Waals surface area contributed by atoms with Crippen LogP contribution in [0.4, 0.5) is 0 Å². The van der Waals surface area contributed by atoms with Crippen molar-refractivity contribution in [1.29, 1.82) is 0 Å². The minimum Gasteiger partial charge on any atom is -0.390 e. The predicted molar refractivity (Wildman–Crippen MR) is 83.5 cm³/mol. The van der Waals surface area contributed by atoms with Crippen molar-refractivity contribution in [3.8, 4) is 0 Å². The van der Waals surface area contributed by atoms with E-state index in [9.17, 15) is 5.11 Å². The zero-order valence-electron chi connectivity index (χ0n) is 12.7. The van der Waals surface area contributed by atoms with Crippen molar-refractivity contribution in [3.63, 3.8) is 0 Å². The number of benzene rings is 1. The average Bonchev–Trinajstić information content (AvgIpc) is 2.44. The van der Waals surface area contributed by atoms with E-state index in [1.54, 1.807) is 0 Å². The topological polar surface area (TPSA) is 49.5 Å². The van der Waals surface area contributed by atoms with Gasteiger partial charge in [0, 0.05) is 19.1 Å². The van der Waals surface area contributed by atoms with Gasteiger partial charge in [-0.25, -0.2) is 0 Å². The number of nitrogens with zero attached hydrogens (tertiary/aromatic N) is 1. The fourth-order valence-electron chi connectivity index (χ4n) is 2.94. The zero-order chi connectivity index (χ0) is 14.5. The molecule has 0 amide bonds. The number of aliphatic hydroxyl groups excluding tert-OH is 1. The van der Waals surface area contributed by atoms with Crippen LogP contribution in [0, 0.1) is 11.8 Å². The first-order valence-electron chi connectivity index (χ1n) is 7.76. The van der Waals surface area contributed by atoms with E-state index in [1.807, 2.05) is 18.2 Å². The molecule has 0 aromatic heterocycles. The second-order valence-corrected chi connectivity index (χ2v) is 6.42. The highest BCUT2D eigenvalue weighted by molar-refractivity contribution is 5.16. The van der Waals surface area contributed by atoms with Crippen LogP contribution < -0.4 is 5.73 Å². The highest BCUT2D eigenvalue weighted by Crippen LogP contribution is 2.22. The van der Waals surface area contributed by atoms with Gasteiger partial charge in [-0.05, 0) is 36.8 Å². The van der Waals surface area contributed by atoms with Crippen LogP contribution in [0.2, 0.25) is 0 Å². The third kappa shape index (κ3) is 4.30. The highest BCUT2D eigenvalue weighted by atomic mass is 16.3. The third-order valence-electron chi connectivity index (χ3n) is 4.67. The predicted octanol–water partition coefficient (Wildman–Crippen LogP) is 1.90. The van der Waals surface area contributed by atoms with Gasteiger partial charge in [-0.15, -0.1) is 0 Å². The molecule has 1 aliphatic rings. The Hall–Kier alpha value is -0.900. The first-order chi connectivity index (χ1) is 9.56. The Morgan fingerprint density at radius 3 is 2.60 bits per heavy atom. The molecule has 1 aliphatic heterocycles. The number of β-amino-alcohol motifs (C(OH)–C–C–N with tert-alkyl or cyclic N) is 1. The van der Waals surface area contributed by atoms with E-state index in [0.29, 0.717) is 12.5 Å². The maximum absolute atomic E-state index is 10.3. The minimum atomic E-state index is -0.448. The normalized spacial score (nSPS) is 27.2. The van der Waals surface area contributed by atoms with Crippen LogP contribution in [-0.2, 0) is 6.42 Å². The molecule has 112 valence electrons. The SMILES string of the molecule is CC1CCN(CC(O)C(N)Cc2ccccc2)CC1C. The molecule has 4 atom stereocenters. The summed E-state index contributed by atoms with van der Waals surface area (Å²) in [5, 5.41) is 10.3. The number of likely N-dealkylation sites (tertiary alicyclic amines) is 1. The van der Waals surface area contributed by atoms with Gasteiger partial charge in [0.15, 0.2) is 0 Å². The van der Waals surface area contributed by atoms with E-state index in [2.05, 4.69) is 30.9 Å². The Morgan fingerprint density at radius 1 is 1.25 bits per heavy atom. The summed E-state index contributed by atoms with van der Waals surface area (Å²) >= 11 is 0. The van der Waals surface area contributed by atoms with Crippen LogP contribution in [0.5, 0.6) is 0 Å². The average molecular weight is 276 g/mol. The molecule has 1 aromatic carbocycles. The molecule has 1 heterocycles. The van der Waals surface area contributed by atoms with Crippen LogP contribution in [-0.4, -0.2) is 41.8 Å². The summed E-state index contributed by atoms with van der Waals surface area (Å²) in [4.78, 5) is 2.36. The number of nitrogens with two attached hydrogens (primary N) is 1. The highest BCUT2D eigenvalue weighted by Gasteiger charge is 2.25. The Bertz CT molecular complexity index is 395. The van der Waals surface area contributed by atoms with Crippen molar-refractivity contribution in [3.05, 3.63) is 35.9 Å². The molecule has 3 nitrogen and oxygen atoms in total. The summed E-state index contributed by atoms with van der Waals surface area (Å²) < 4.78 is 0. The maximum Gasteiger partial charge on any atom is 0.0820 e. The summed E-state index contributed by atoms with van der Waals surface area (Å²) in [6.45, 7) is 7.48. The van der Waals surface area contributed by atoms with Crippen LogP contribution in [0.15, 0.2) is 30.3 Å². The van der Waals surface area contributed by atoms with Gasteiger partial charge in [0.2, 0.25) is 0 Å². The van der Waals surface area contributed by atoms with E-state index in [0.717, 1.165) is 25.4 Å². The first-order valence-corrected chi connectivity index (χ1v) is 7.76. The van der Waals surface area contributed by atoms with Crippen molar-refractivity contribution in [2.75, 3.05) is 19.6 Å². The van der Waals surface area contributed by atoms with Gasteiger partial charge < -0.3 is 15.7 Å². The van der Waals surface area contributed by atoms with Gasteiger partial charge in [-0.2, -0.15) is 0 Å². The largest absolute Gasteiger partial charge is 0.390 e. The Labute approximate surface area is 122 Å². The lowest BCUT2D eigenvalue weighted by Gasteiger charge is -2.37. The molecule has 1 fully saturated rings. The number of rotatable bonds is 5. The molecule has 3 N–H and O–H groups in total. The molecular weight excluding hydrogens is 248 g/mol. The second kappa shape index (κ2) is 7.21. The van der Waals surface area contributed by atoms with Gasteiger partial charge >= 0.3 is 0 Å². The summed E-state index contributed by atoms with van der Waals surface area (Å²) in [5.74, 6) is 1.50. The molecule has 3 heteroatoms. The first kappa shape index (κ1) is 15.5. The molecule has 1 saturated heterocycles. The van der Waals surface area contributed by atoms with Crippen LogP contribution in [0.1, 0.15) is 25.8 Å². The zero-order valence-corrected chi connectivity index (χ0v) is 12.7. The number of hydrogen-bond donors (Lipinski definition) is 2. The molecule has 0 aliphatic carbocycles. The van der Waals surface area contributed by atoms with Crippen molar-refractivity contribution in [2.24, 2.45) is 17.6 Å². The molecule has 0 saturated carbocycles. The van der Waals surface area contributed by atoms with Crippen LogP contribution in [0.3, 0.4) is 0 Å². The number of piperidine rings is 1. The van der Waals surface area contributed by atoms with Crippen molar-refractivity contribution in [1.82, 2.24) is 4.90 Å². The molecule has 0 spiro atoms. The molecule has 2 rings (SSSR count). The van der Waals surface area contributed by atoms with E-state index >= 15 is 0 Å². The summed E-state index contributed by atoms with van der Waals surface area (Å²) in [6.07, 6.45) is 1.51. The van der Waals surface area contributed by atoms with Gasteiger partial charge in [0.25, 0.3) is 0 Å². The van der Waals surface area contributed by atoms with Crippen LogP contribution in [0.25, 0.3) is 0 Å². The molecule has 1 aromatic rings. The molecule has 4 unspecified atom stereocenters. The van der Waals surface area contributed by atoms with E-state index in [4.69, 9.17) is 5.73 Å². The standard InChI is InChI=1S/C17H28N2O/c1-13-8-9-19(11-14(13)2)12-17(20)16(18)10-15-6-4-3-5-7-15/h3-7,13-14,16-17,20H,8-12,18H2,1-2H3. The lowest BCUT2D eigenvalue weighted by molar-refractivity contribution is 0.0575. The van der Waals surface area contributed by atoms with Gasteiger partial charge in [-0.1, -0.05) is 44.2 Å². The Morgan fingerprint density at radius 2 is 1.95 bits per heavy atom. The molecular formula is C17H28N2O. The van der Waals surface area contributed by atoms with E-state index < -0.39 is 6.10 Å². The van der Waals surface area contributed by atoms with Crippen LogP contribution >= 0.6 is 0 Å². The minimum absolute atomic E-state index is 0.188. The monoisotopic (exact) mass is 276 g/mol. The number of aliphatic hydroxyl groups is 1. The Balaban J connectivity index is 1.80. The molecule has 0 bridgehead atoms. The quantitative estimate of drug-likeness (QED) is 0.863. The fraction of sp³-hybridized carbons (Fsp3) is 0.647. The van der Waals surface area contributed by atoms with E-state index in [-0.39, 0.29) is 6.04 Å². The molecule has 20 heavy (non-hydrogen) atoms. The fourth-order valence-corrected chi connectivity index (χ4v) is 2.94. The van der Waals surface area contributed by atoms with Gasteiger partial charge in [-0.3, -0.25) is 0 Å². The molecule has 0 radical (unpaired) electrons. The van der Waals surface area contributed by atoms with Gasteiger partial charge in [0.1, 0.15) is 0 Å². The smallest absolute Gasteiger partial charge is 0.0820 e. The van der Waals surface area contributed by atoms with Crippen molar-refractivity contribution < 1.29 is 5.11 Å².